The molecule has 0 unspecified atom stereocenters. The minimum atomic E-state index is -5.33. The number of rotatable bonds is 27. The second-order valence-corrected chi connectivity index (χ2v) is 29.7. The Morgan fingerprint density at radius 2 is 0.886 bits per heavy atom. The lowest BCUT2D eigenvalue weighted by molar-refractivity contribution is -0.370. The minimum Gasteiger partial charge on any atom is -0.463 e. The van der Waals surface area contributed by atoms with Gasteiger partial charge in [0.15, 0.2) is 55.2 Å². The van der Waals surface area contributed by atoms with Gasteiger partial charge in [-0.25, -0.2) is 41.7 Å². The number of alkyl carbamates (subject to hydrolysis) is 1. The molecule has 9 rings (SSSR count). The van der Waals surface area contributed by atoms with Crippen LogP contribution in [0.25, 0.3) is 11.1 Å². The van der Waals surface area contributed by atoms with Gasteiger partial charge < -0.3 is 62.2 Å². The molecule has 12 atom stereocenters. The lowest BCUT2D eigenvalue weighted by Gasteiger charge is -2.49. The van der Waals surface area contributed by atoms with Crippen molar-refractivity contribution in [2.75, 3.05) is 33.0 Å². The summed E-state index contributed by atoms with van der Waals surface area (Å²) in [5.74, 6) is -25.3. The fourth-order valence-corrected chi connectivity index (χ4v) is 13.0. The van der Waals surface area contributed by atoms with E-state index >= 15 is 8.78 Å². The highest BCUT2D eigenvalue weighted by atomic mass is 35.6. The zero-order chi connectivity index (χ0) is 76.2. The number of fused-ring (bicyclic) bond motifs is 3. The molecule has 0 radical (unpaired) electrons. The first-order valence-corrected chi connectivity index (χ1v) is 34.8. The van der Waals surface area contributed by atoms with Crippen molar-refractivity contribution >= 4 is 125 Å². The third kappa shape index (κ3) is 21.3. The third-order valence-corrected chi connectivity index (χ3v) is 17.5. The normalized spacial score (nSPS) is 21.4. The third-order valence-electron chi connectivity index (χ3n) is 15.5. The highest BCUT2D eigenvalue weighted by molar-refractivity contribution is 7.48. The van der Waals surface area contributed by atoms with Gasteiger partial charge in [-0.1, -0.05) is 173 Å². The molecule has 0 aromatic heterocycles. The Kier molecular flexibility index (Phi) is 27.7. The molecule has 2 heterocycles. The summed E-state index contributed by atoms with van der Waals surface area (Å²) >= 11 is 35.9. The molecule has 2 aliphatic heterocycles. The number of hydrogen-bond donors (Lipinski definition) is 1. The van der Waals surface area contributed by atoms with E-state index in [1.54, 1.807) is 36.4 Å². The van der Waals surface area contributed by atoms with E-state index in [0.717, 1.165) is 38.8 Å². The number of amides is 1. The average molecular weight is 1610 g/mol. The summed E-state index contributed by atoms with van der Waals surface area (Å²) in [5.41, 5.74) is 2.25. The van der Waals surface area contributed by atoms with Crippen molar-refractivity contribution in [2.24, 2.45) is 0 Å². The molecule has 1 aliphatic carbocycles. The molecule has 37 heteroatoms. The minimum absolute atomic E-state index is 0.190. The van der Waals surface area contributed by atoms with Gasteiger partial charge in [0.1, 0.15) is 38.6 Å². The summed E-state index contributed by atoms with van der Waals surface area (Å²) in [5, 5.41) is 2.12. The van der Waals surface area contributed by atoms with Crippen molar-refractivity contribution in [2.45, 2.75) is 115 Å². The van der Waals surface area contributed by atoms with Gasteiger partial charge in [-0.3, -0.25) is 28.0 Å². The molecule has 2 fully saturated rings. The summed E-state index contributed by atoms with van der Waals surface area (Å²) < 4.78 is 174. The molecule has 562 valence electrons. The summed E-state index contributed by atoms with van der Waals surface area (Å²) in [7, 11) is -5.33. The number of phosphoric ester groups is 1. The van der Waals surface area contributed by atoms with Gasteiger partial charge in [0, 0.05) is 26.7 Å². The van der Waals surface area contributed by atoms with Crippen LogP contribution < -0.4 is 10.1 Å². The van der Waals surface area contributed by atoms with Crippen molar-refractivity contribution in [3.63, 3.8) is 0 Å². The molecule has 2 saturated heterocycles. The Morgan fingerprint density at radius 3 is 1.36 bits per heavy atom. The van der Waals surface area contributed by atoms with Crippen LogP contribution in [0.3, 0.4) is 0 Å². The standard InChI is InChI=1S/C68H59Cl6F5NO24P/c1-33(52(63(87)101-55-50(78)48(76)47(75)49(77)51(55)79)80-66(88)91-28-44-42-26-16-14-24-40(42)41-25-15-17-27-43(41)44)95-64-59(56(97-36(4)83)53(96-35(3)82)45(98-64)29-90-34(2)81)104-65-58(103-62(86)39-22-12-7-13-23-39)57(102-61(85)38-20-10-6-11-21-38)54(100-60(84)37-18-8-5-9-19-37)46(99-65)30-92-105(89,93-31-67(69,70)71)94-32-68(72,73)74/h5-27,33,44-46,52-54,56-59,64-65H,28-32H2,1-4H3,(H,80,88)/t33-,45-,46-,52+,53-,54-,56+,57+,58+,59+,64+,65-/m1/s1. The number of benzene rings is 6. The maximum absolute atomic E-state index is 15.5. The largest absolute Gasteiger partial charge is 0.475 e. The van der Waals surface area contributed by atoms with Crippen LogP contribution >= 0.6 is 77.4 Å². The van der Waals surface area contributed by atoms with E-state index in [2.05, 4.69) is 5.32 Å². The molecule has 1 N–H and O–H groups in total. The molecular weight excluding hydrogens is 1550 g/mol. The van der Waals surface area contributed by atoms with E-state index in [-0.39, 0.29) is 16.7 Å². The lowest BCUT2D eigenvalue weighted by atomic mass is 9.96. The number of alkyl halides is 6. The van der Waals surface area contributed by atoms with Crippen LogP contribution in [0.5, 0.6) is 5.75 Å². The van der Waals surface area contributed by atoms with Crippen molar-refractivity contribution in [1.29, 1.82) is 0 Å². The van der Waals surface area contributed by atoms with Crippen LogP contribution in [0.4, 0.5) is 26.7 Å². The molecule has 3 aliphatic rings. The van der Waals surface area contributed by atoms with Crippen LogP contribution in [-0.2, 0) is 89.4 Å². The van der Waals surface area contributed by atoms with Gasteiger partial charge in [-0.2, -0.15) is 8.78 Å². The molecule has 0 saturated carbocycles. The first-order chi connectivity index (χ1) is 49.7. The van der Waals surface area contributed by atoms with Crippen molar-refractivity contribution in [3.05, 3.63) is 196 Å². The Bertz CT molecular complexity index is 4100. The molecule has 0 bridgehead atoms. The van der Waals surface area contributed by atoms with Crippen molar-refractivity contribution in [1.82, 2.24) is 5.32 Å². The summed E-state index contributed by atoms with van der Waals surface area (Å²) in [6.45, 7) is -1.39. The fourth-order valence-electron chi connectivity index (χ4n) is 10.9. The molecular formula is C68H59Cl6F5NO24P. The molecule has 25 nitrogen and oxygen atoms in total. The number of carbonyl (C=O) groups is 8. The van der Waals surface area contributed by atoms with Gasteiger partial charge in [0.05, 0.1) is 29.4 Å². The number of hydrogen-bond acceptors (Lipinski definition) is 24. The second kappa shape index (κ2) is 35.7. The van der Waals surface area contributed by atoms with E-state index in [1.807, 2.05) is 12.1 Å². The molecule has 105 heavy (non-hydrogen) atoms. The number of ether oxygens (including phenoxy) is 12. The van der Waals surface area contributed by atoms with Gasteiger partial charge >= 0.3 is 55.7 Å². The number of halogens is 11. The first kappa shape index (κ1) is 81.3. The van der Waals surface area contributed by atoms with Crippen LogP contribution in [0, 0.1) is 29.1 Å². The summed E-state index contributed by atoms with van der Waals surface area (Å²) in [6.07, 6.45) is -26.6. The van der Waals surface area contributed by atoms with Crippen LogP contribution in [0.1, 0.15) is 75.8 Å². The quantitative estimate of drug-likeness (QED) is 0.00732. The Morgan fingerprint density at radius 1 is 0.476 bits per heavy atom. The fraction of sp³-hybridized carbons (Fsp3) is 0.353. The summed E-state index contributed by atoms with van der Waals surface area (Å²) in [6, 6.07) is 32.2. The van der Waals surface area contributed by atoms with E-state index in [9.17, 15) is 56.1 Å². The lowest BCUT2D eigenvalue weighted by Crippen LogP contribution is -2.67. The molecule has 0 spiro atoms. The highest BCUT2D eigenvalue weighted by Crippen LogP contribution is 2.53. The van der Waals surface area contributed by atoms with E-state index < -0.39 is 211 Å². The monoisotopic (exact) mass is 1610 g/mol. The van der Waals surface area contributed by atoms with E-state index in [0.29, 0.717) is 11.1 Å². The molecule has 6 aromatic carbocycles. The average Bonchev–Trinajstić information content (AvgIpc) is 1.42. The predicted molar refractivity (Wildman–Crippen MR) is 357 cm³/mol. The topological polar surface area (TPSA) is 304 Å². The van der Waals surface area contributed by atoms with Gasteiger partial charge in [-0.15, -0.1) is 0 Å². The maximum Gasteiger partial charge on any atom is 0.475 e. The maximum atomic E-state index is 15.5. The van der Waals surface area contributed by atoms with Gasteiger partial charge in [0.25, 0.3) is 0 Å². The Balaban J connectivity index is 1.20. The number of esters is 7. The van der Waals surface area contributed by atoms with Crippen molar-refractivity contribution < 1.29 is 135 Å². The van der Waals surface area contributed by atoms with Crippen LogP contribution in [0.2, 0.25) is 0 Å². The zero-order valence-corrected chi connectivity index (χ0v) is 60.2. The van der Waals surface area contributed by atoms with Gasteiger partial charge in [-0.05, 0) is 65.6 Å². The second-order valence-electron chi connectivity index (χ2n) is 23.0. The summed E-state index contributed by atoms with van der Waals surface area (Å²) in [4.78, 5) is 112. The number of phosphoric acid groups is 1. The van der Waals surface area contributed by atoms with Crippen LogP contribution in [0.15, 0.2) is 140 Å². The van der Waals surface area contributed by atoms with Crippen LogP contribution in [-0.4, -0.2) is 162 Å². The highest BCUT2D eigenvalue weighted by Gasteiger charge is 2.59. The molecule has 6 aromatic rings. The zero-order valence-electron chi connectivity index (χ0n) is 54.7. The smallest absolute Gasteiger partial charge is 0.463 e. The van der Waals surface area contributed by atoms with E-state index in [1.165, 1.54) is 91.0 Å². The Labute approximate surface area is 623 Å². The first-order valence-electron chi connectivity index (χ1n) is 31.1. The van der Waals surface area contributed by atoms with Crippen molar-refractivity contribution in [3.8, 4) is 16.9 Å². The molecule has 1 amide bonds. The van der Waals surface area contributed by atoms with E-state index in [4.69, 9.17) is 140 Å². The number of nitrogens with one attached hydrogen (secondary N) is 1. The van der Waals surface area contributed by atoms with Gasteiger partial charge in [0.2, 0.25) is 42.4 Å². The SMILES string of the molecule is CC(=O)OC[C@H]1O[C@H](O[C@H](C)[C@H](NC(=O)OCC2c3ccccc3-c3ccccc32)C(=O)Oc2c(F)c(F)c(F)c(F)c2F)[C@@H](O[C@H]2O[C@H](COP(=O)(OCC(Cl)(Cl)Cl)OCC(Cl)(Cl)Cl)[C@@H](OC(=O)c3ccccc3)[C@H](OC(=O)c3ccccc3)[C@@H]2OC(=O)c2ccccc2)[C@@H](OC(C)=O)[C@@H]1OC(C)=O. The number of carbonyl (C=O) groups excluding carboxylic acids is 8. The predicted octanol–water partition coefficient (Wildman–Crippen LogP) is 12.4. The Hall–Kier alpha value is -7.78.